The Morgan fingerprint density at radius 3 is 2.61 bits per heavy atom. The lowest BCUT2D eigenvalue weighted by Gasteiger charge is -2.37. The van der Waals surface area contributed by atoms with Gasteiger partial charge >= 0.3 is 0 Å². The molecule has 0 aromatic heterocycles. The van der Waals surface area contributed by atoms with Gasteiger partial charge in [0, 0.05) is 50.7 Å². The van der Waals surface area contributed by atoms with Crippen molar-refractivity contribution in [3.05, 3.63) is 77.9 Å². The van der Waals surface area contributed by atoms with Crippen LogP contribution in [0.2, 0.25) is 0 Å². The van der Waals surface area contributed by atoms with Gasteiger partial charge in [0.15, 0.2) is 6.29 Å². The molecule has 1 aliphatic heterocycles. The summed E-state index contributed by atoms with van der Waals surface area (Å²) in [7, 11) is 2.04. The second-order valence-electron chi connectivity index (χ2n) is 9.83. The van der Waals surface area contributed by atoms with Gasteiger partial charge in [-0.1, -0.05) is 48.9 Å². The third kappa shape index (κ3) is 9.68. The normalized spacial score (nSPS) is 19.2. The first kappa shape index (κ1) is 29.5. The largest absolute Gasteiger partial charge is 0.392 e. The fraction of sp³-hybridized carbons (Fsp3) is 0.467. The quantitative estimate of drug-likeness (QED) is 0.249. The zero-order valence-corrected chi connectivity index (χ0v) is 22.5. The van der Waals surface area contributed by atoms with Gasteiger partial charge in [-0.25, -0.2) is 0 Å². The molecule has 1 aliphatic rings. The summed E-state index contributed by atoms with van der Waals surface area (Å²) in [5.74, 6) is -0.0764. The number of anilines is 1. The van der Waals surface area contributed by atoms with Gasteiger partial charge in [0.2, 0.25) is 11.8 Å². The molecule has 1 saturated heterocycles. The number of likely N-dealkylation sites (N-methyl/N-ethyl adjacent to an activating group) is 1. The molecule has 38 heavy (non-hydrogen) atoms. The summed E-state index contributed by atoms with van der Waals surface area (Å²) in [5, 5.41) is 15.2. The second-order valence-corrected chi connectivity index (χ2v) is 9.83. The van der Waals surface area contributed by atoms with Crippen LogP contribution in [-0.2, 0) is 25.7 Å². The molecule has 0 radical (unpaired) electrons. The Morgan fingerprint density at radius 2 is 1.89 bits per heavy atom. The Bertz CT molecular complexity index is 1040. The smallest absolute Gasteiger partial charge is 0.224 e. The standard InChI is InChI=1S/C30H41N3O5/c1-4-17-33(3)20-27-19-28(24-14-12-23(21-34)13-15-24)38-30(37-27)25-9-8-10-26(18-25)32-29(36)11-6-5-7-16-31-22(2)35/h4,8-10,12-15,18,27-28,30,34H,1,5-7,11,16-17,19-21H2,2-3H3,(H,31,35)(H,32,36)/t27-,28+,30+/m1/s1. The second kappa shape index (κ2) is 15.4. The van der Waals surface area contributed by atoms with Crippen molar-refractivity contribution in [1.82, 2.24) is 10.2 Å². The molecule has 2 aromatic carbocycles. The first-order valence-corrected chi connectivity index (χ1v) is 13.3. The van der Waals surface area contributed by atoms with E-state index in [4.69, 9.17) is 9.47 Å². The Morgan fingerprint density at radius 1 is 1.11 bits per heavy atom. The van der Waals surface area contributed by atoms with Gasteiger partial charge in [0.1, 0.15) is 0 Å². The predicted octanol–water partition coefficient (Wildman–Crippen LogP) is 4.48. The predicted molar refractivity (Wildman–Crippen MR) is 148 cm³/mol. The van der Waals surface area contributed by atoms with Crippen molar-refractivity contribution in [2.45, 2.75) is 64.1 Å². The van der Waals surface area contributed by atoms with Crippen LogP contribution in [-0.4, -0.2) is 54.6 Å². The molecule has 2 aromatic rings. The van der Waals surface area contributed by atoms with Crippen LogP contribution in [0.25, 0.3) is 0 Å². The van der Waals surface area contributed by atoms with E-state index in [-0.39, 0.29) is 30.6 Å². The zero-order chi connectivity index (χ0) is 27.3. The van der Waals surface area contributed by atoms with E-state index in [0.717, 1.165) is 49.0 Å². The molecule has 1 heterocycles. The zero-order valence-electron chi connectivity index (χ0n) is 22.5. The highest BCUT2D eigenvalue weighted by atomic mass is 16.7. The number of unbranched alkanes of at least 4 members (excludes halogenated alkanes) is 2. The molecule has 1 fully saturated rings. The first-order valence-electron chi connectivity index (χ1n) is 13.3. The number of nitrogens with one attached hydrogen (secondary N) is 2. The number of amides is 2. The summed E-state index contributed by atoms with van der Waals surface area (Å²) < 4.78 is 12.8. The average Bonchev–Trinajstić information content (AvgIpc) is 2.90. The van der Waals surface area contributed by atoms with Crippen molar-refractivity contribution in [2.24, 2.45) is 0 Å². The van der Waals surface area contributed by atoms with Crippen molar-refractivity contribution in [3.8, 4) is 0 Å². The molecule has 3 rings (SSSR count). The topological polar surface area (TPSA) is 100 Å². The van der Waals surface area contributed by atoms with Crippen LogP contribution in [0.3, 0.4) is 0 Å². The molecular weight excluding hydrogens is 482 g/mol. The number of aliphatic hydroxyl groups is 1. The van der Waals surface area contributed by atoms with Crippen LogP contribution in [0.4, 0.5) is 5.69 Å². The highest BCUT2D eigenvalue weighted by Gasteiger charge is 2.32. The van der Waals surface area contributed by atoms with Gasteiger partial charge in [-0.3, -0.25) is 9.59 Å². The maximum absolute atomic E-state index is 12.5. The van der Waals surface area contributed by atoms with Crippen LogP contribution >= 0.6 is 0 Å². The van der Waals surface area contributed by atoms with Crippen LogP contribution in [0, 0.1) is 0 Å². The van der Waals surface area contributed by atoms with Crippen molar-refractivity contribution in [3.63, 3.8) is 0 Å². The van der Waals surface area contributed by atoms with E-state index in [1.54, 1.807) is 0 Å². The summed E-state index contributed by atoms with van der Waals surface area (Å²) in [4.78, 5) is 25.6. The molecule has 0 unspecified atom stereocenters. The molecule has 3 atom stereocenters. The molecular formula is C30H41N3O5. The fourth-order valence-electron chi connectivity index (χ4n) is 4.51. The number of hydrogen-bond donors (Lipinski definition) is 3. The van der Waals surface area contributed by atoms with Gasteiger partial charge in [-0.15, -0.1) is 6.58 Å². The molecule has 0 saturated carbocycles. The van der Waals surface area contributed by atoms with Gasteiger partial charge in [-0.2, -0.15) is 0 Å². The lowest BCUT2D eigenvalue weighted by atomic mass is 9.99. The number of benzene rings is 2. The summed E-state index contributed by atoms with van der Waals surface area (Å²) in [6.07, 6.45) is 4.67. The average molecular weight is 524 g/mol. The van der Waals surface area contributed by atoms with E-state index in [1.807, 2.05) is 61.7 Å². The van der Waals surface area contributed by atoms with Crippen LogP contribution in [0.1, 0.15) is 68.1 Å². The molecule has 8 heteroatoms. The first-order chi connectivity index (χ1) is 18.4. The van der Waals surface area contributed by atoms with E-state index in [1.165, 1.54) is 6.92 Å². The Labute approximate surface area is 226 Å². The Balaban J connectivity index is 1.64. The van der Waals surface area contributed by atoms with E-state index < -0.39 is 6.29 Å². The maximum Gasteiger partial charge on any atom is 0.224 e. The molecule has 8 nitrogen and oxygen atoms in total. The molecule has 3 N–H and O–H groups in total. The summed E-state index contributed by atoms with van der Waals surface area (Å²) in [6.45, 7) is 7.46. The van der Waals surface area contributed by atoms with E-state index in [9.17, 15) is 14.7 Å². The lowest BCUT2D eigenvalue weighted by Crippen LogP contribution is -2.37. The van der Waals surface area contributed by atoms with E-state index in [2.05, 4.69) is 22.1 Å². The van der Waals surface area contributed by atoms with Gasteiger partial charge in [0.05, 0.1) is 18.8 Å². The minimum Gasteiger partial charge on any atom is -0.392 e. The lowest BCUT2D eigenvalue weighted by molar-refractivity contribution is -0.252. The minimum absolute atomic E-state index is 0.00208. The van der Waals surface area contributed by atoms with Crippen molar-refractivity contribution in [1.29, 1.82) is 0 Å². The van der Waals surface area contributed by atoms with Crippen LogP contribution in [0.5, 0.6) is 0 Å². The molecule has 206 valence electrons. The maximum atomic E-state index is 12.5. The van der Waals surface area contributed by atoms with Gasteiger partial charge in [0.25, 0.3) is 0 Å². The molecule has 0 bridgehead atoms. The van der Waals surface area contributed by atoms with Crippen molar-refractivity contribution >= 4 is 17.5 Å². The molecule has 2 amide bonds. The van der Waals surface area contributed by atoms with Crippen LogP contribution in [0.15, 0.2) is 61.2 Å². The number of carbonyl (C=O) groups is 2. The minimum atomic E-state index is -0.584. The third-order valence-electron chi connectivity index (χ3n) is 6.47. The third-order valence-corrected chi connectivity index (χ3v) is 6.47. The highest BCUT2D eigenvalue weighted by molar-refractivity contribution is 5.90. The monoisotopic (exact) mass is 523 g/mol. The SMILES string of the molecule is C=CCN(C)C[C@H]1C[C@@H](c2ccc(CO)cc2)O[C@@H](c2cccc(NC(=O)CCCCCNC(C)=O)c2)O1. The number of carbonyl (C=O) groups excluding carboxylic acids is 2. The fourth-order valence-corrected chi connectivity index (χ4v) is 4.51. The van der Waals surface area contributed by atoms with Crippen LogP contribution < -0.4 is 10.6 Å². The summed E-state index contributed by atoms with van der Waals surface area (Å²) >= 11 is 0. The summed E-state index contributed by atoms with van der Waals surface area (Å²) in [5.41, 5.74) is 3.43. The van der Waals surface area contributed by atoms with Gasteiger partial charge < -0.3 is 30.1 Å². The Kier molecular flexibility index (Phi) is 12.0. The molecule has 0 spiro atoms. The number of hydrogen-bond acceptors (Lipinski definition) is 6. The van der Waals surface area contributed by atoms with E-state index in [0.29, 0.717) is 25.1 Å². The highest BCUT2D eigenvalue weighted by Crippen LogP contribution is 2.38. The number of aliphatic hydroxyl groups excluding tert-OH is 1. The Hall–Kier alpha value is -3.04. The number of rotatable bonds is 14. The molecule has 0 aliphatic carbocycles. The van der Waals surface area contributed by atoms with Crippen molar-refractivity contribution in [2.75, 3.05) is 32.0 Å². The number of nitrogens with zero attached hydrogens (tertiary/aromatic N) is 1. The van der Waals surface area contributed by atoms with Gasteiger partial charge in [-0.05, 0) is 43.1 Å². The van der Waals surface area contributed by atoms with E-state index >= 15 is 0 Å². The number of ether oxygens (including phenoxy) is 2. The van der Waals surface area contributed by atoms with Crippen molar-refractivity contribution < 1.29 is 24.2 Å². The summed E-state index contributed by atoms with van der Waals surface area (Å²) in [6, 6.07) is 15.4.